The third-order valence-electron chi connectivity index (χ3n) is 1.79. The van der Waals surface area contributed by atoms with Crippen molar-refractivity contribution in [2.75, 3.05) is 0 Å². The Morgan fingerprint density at radius 2 is 2.23 bits per heavy atom. The van der Waals surface area contributed by atoms with Crippen molar-refractivity contribution in [2.45, 2.75) is 4.90 Å². The third kappa shape index (κ3) is 1.32. The topological polar surface area (TPSA) is 37.3 Å². The average Bonchev–Trinajstić information content (AvgIpc) is 2.55. The van der Waals surface area contributed by atoms with Gasteiger partial charge in [0.25, 0.3) is 0 Å². The van der Waals surface area contributed by atoms with Gasteiger partial charge < -0.3 is 5.11 Å². The summed E-state index contributed by atoms with van der Waals surface area (Å²) in [4.78, 5) is 11.6. The molecule has 0 fully saturated rings. The Bertz CT molecular complexity index is 474. The molecule has 66 valence electrons. The van der Waals surface area contributed by atoms with Crippen LogP contribution in [0, 0.1) is 0 Å². The lowest BCUT2D eigenvalue weighted by Gasteiger charge is -1.96. The van der Waals surface area contributed by atoms with E-state index >= 15 is 0 Å². The molecule has 0 spiro atoms. The molecular formula is C9H6O2S2. The molecule has 2 rings (SSSR count). The van der Waals surface area contributed by atoms with Crippen molar-refractivity contribution in [2.24, 2.45) is 0 Å². The first-order chi connectivity index (χ1) is 6.22. The van der Waals surface area contributed by atoms with Crippen molar-refractivity contribution in [3.63, 3.8) is 0 Å². The molecule has 1 N–H and O–H groups in total. The predicted octanol–water partition coefficient (Wildman–Crippen LogP) is 2.71. The molecule has 0 aliphatic heterocycles. The fraction of sp³-hybridized carbons (Fsp3) is 0. The highest BCUT2D eigenvalue weighted by atomic mass is 32.1. The Morgan fingerprint density at radius 1 is 1.46 bits per heavy atom. The molecule has 0 aliphatic carbocycles. The van der Waals surface area contributed by atoms with Crippen molar-refractivity contribution in [3.05, 3.63) is 23.1 Å². The van der Waals surface area contributed by atoms with Crippen molar-refractivity contribution >= 4 is 40.3 Å². The van der Waals surface area contributed by atoms with Gasteiger partial charge in [0.15, 0.2) is 6.29 Å². The number of thiol groups is 1. The summed E-state index contributed by atoms with van der Waals surface area (Å²) in [6.45, 7) is 0. The summed E-state index contributed by atoms with van der Waals surface area (Å²) in [6.07, 6.45) is 0.780. The first-order valence-corrected chi connectivity index (χ1v) is 4.88. The first-order valence-electron chi connectivity index (χ1n) is 3.62. The van der Waals surface area contributed by atoms with E-state index in [-0.39, 0.29) is 5.75 Å². The van der Waals surface area contributed by atoms with Crippen LogP contribution >= 0.6 is 24.0 Å². The summed E-state index contributed by atoms with van der Waals surface area (Å²) >= 11 is 5.44. The van der Waals surface area contributed by atoms with Crippen LogP contribution in [0.4, 0.5) is 0 Å². The number of phenolic OH excluding ortho intramolecular Hbond substituents is 1. The molecular weight excluding hydrogens is 204 g/mol. The summed E-state index contributed by atoms with van der Waals surface area (Å²) in [5.74, 6) is 0.144. The van der Waals surface area contributed by atoms with Gasteiger partial charge in [0.2, 0.25) is 0 Å². The number of aldehydes is 1. The fourth-order valence-corrected chi connectivity index (χ4v) is 2.24. The van der Waals surface area contributed by atoms with E-state index in [1.54, 1.807) is 12.1 Å². The van der Waals surface area contributed by atoms with Gasteiger partial charge in [-0.15, -0.1) is 24.0 Å². The van der Waals surface area contributed by atoms with Crippen LogP contribution in [-0.2, 0) is 0 Å². The minimum absolute atomic E-state index is 0.144. The predicted molar refractivity (Wildman–Crippen MR) is 56.1 cm³/mol. The molecule has 0 aliphatic rings. The molecule has 4 heteroatoms. The summed E-state index contributed by atoms with van der Waals surface area (Å²) < 4.78 is 0.900. The quantitative estimate of drug-likeness (QED) is 0.561. The number of thiophene rings is 1. The van der Waals surface area contributed by atoms with Gasteiger partial charge in [0.1, 0.15) is 5.75 Å². The second-order valence-electron chi connectivity index (χ2n) is 2.61. The third-order valence-corrected chi connectivity index (χ3v) is 3.17. The van der Waals surface area contributed by atoms with E-state index in [0.717, 1.165) is 11.0 Å². The lowest BCUT2D eigenvalue weighted by molar-refractivity contribution is 0.112. The number of benzene rings is 1. The van der Waals surface area contributed by atoms with Crippen molar-refractivity contribution in [1.29, 1.82) is 0 Å². The minimum atomic E-state index is 0.144. The molecule has 1 aromatic heterocycles. The Kier molecular flexibility index (Phi) is 2.01. The van der Waals surface area contributed by atoms with E-state index in [1.807, 2.05) is 6.07 Å². The molecule has 1 heterocycles. The highest BCUT2D eigenvalue weighted by molar-refractivity contribution is 7.80. The Balaban J connectivity index is 2.83. The average molecular weight is 210 g/mol. The molecule has 0 unspecified atom stereocenters. The van der Waals surface area contributed by atoms with Gasteiger partial charge in [0.05, 0.1) is 4.88 Å². The molecule has 0 saturated heterocycles. The van der Waals surface area contributed by atoms with Gasteiger partial charge in [-0.05, 0) is 18.2 Å². The number of hydrogen-bond acceptors (Lipinski definition) is 4. The molecule has 2 aromatic rings. The molecule has 0 saturated carbocycles. The second kappa shape index (κ2) is 3.05. The van der Waals surface area contributed by atoms with Crippen LogP contribution in [0.15, 0.2) is 23.1 Å². The standard InChI is InChI=1S/C9H6O2S2/c10-4-5-3-6-8(13-5)2-1-7(12)9(6)11/h1-4,11-12H. The monoisotopic (exact) mass is 210 g/mol. The lowest BCUT2D eigenvalue weighted by Crippen LogP contribution is -1.69. The van der Waals surface area contributed by atoms with Crippen LogP contribution in [0.2, 0.25) is 0 Å². The summed E-state index contributed by atoms with van der Waals surface area (Å²) in [5.41, 5.74) is 0. The zero-order valence-electron chi connectivity index (χ0n) is 6.52. The normalized spacial score (nSPS) is 10.5. The number of hydrogen-bond donors (Lipinski definition) is 2. The van der Waals surface area contributed by atoms with Crippen LogP contribution in [0.25, 0.3) is 10.1 Å². The van der Waals surface area contributed by atoms with Crippen LogP contribution in [-0.4, -0.2) is 11.4 Å². The van der Waals surface area contributed by atoms with Crippen molar-refractivity contribution < 1.29 is 9.90 Å². The smallest absolute Gasteiger partial charge is 0.160 e. The number of rotatable bonds is 1. The van der Waals surface area contributed by atoms with Gasteiger partial charge in [-0.3, -0.25) is 4.79 Å². The molecule has 0 radical (unpaired) electrons. The molecule has 1 aromatic carbocycles. The Hall–Kier alpha value is -1.00. The Morgan fingerprint density at radius 3 is 2.92 bits per heavy atom. The van der Waals surface area contributed by atoms with E-state index in [4.69, 9.17) is 0 Å². The SMILES string of the molecule is O=Cc1cc2c(O)c(S)ccc2s1. The summed E-state index contributed by atoms with van der Waals surface area (Å²) in [7, 11) is 0. The van der Waals surface area contributed by atoms with Crippen molar-refractivity contribution in [1.82, 2.24) is 0 Å². The maximum atomic E-state index is 10.5. The van der Waals surface area contributed by atoms with Crippen LogP contribution in [0.1, 0.15) is 9.67 Å². The second-order valence-corrected chi connectivity index (χ2v) is 4.21. The van der Waals surface area contributed by atoms with E-state index < -0.39 is 0 Å². The number of carbonyl (C=O) groups excluding carboxylic acids is 1. The molecule has 2 nitrogen and oxygen atoms in total. The summed E-state index contributed by atoms with van der Waals surface area (Å²) in [6, 6.07) is 5.23. The van der Waals surface area contributed by atoms with Gasteiger partial charge in [0, 0.05) is 15.0 Å². The number of fused-ring (bicyclic) bond motifs is 1. The van der Waals surface area contributed by atoms with Gasteiger partial charge in [-0.2, -0.15) is 0 Å². The fourth-order valence-electron chi connectivity index (χ4n) is 1.16. The zero-order valence-corrected chi connectivity index (χ0v) is 8.23. The van der Waals surface area contributed by atoms with Crippen LogP contribution < -0.4 is 0 Å². The highest BCUT2D eigenvalue weighted by Gasteiger charge is 2.07. The van der Waals surface area contributed by atoms with E-state index in [9.17, 15) is 9.90 Å². The largest absolute Gasteiger partial charge is 0.506 e. The van der Waals surface area contributed by atoms with E-state index in [1.165, 1.54) is 11.3 Å². The number of carbonyl (C=O) groups is 1. The number of aromatic hydroxyl groups is 1. The van der Waals surface area contributed by atoms with Crippen molar-refractivity contribution in [3.8, 4) is 5.75 Å². The van der Waals surface area contributed by atoms with Crippen LogP contribution in [0.3, 0.4) is 0 Å². The number of phenols is 1. The lowest BCUT2D eigenvalue weighted by atomic mass is 10.2. The maximum absolute atomic E-state index is 10.5. The van der Waals surface area contributed by atoms with Crippen LogP contribution in [0.5, 0.6) is 5.75 Å². The summed E-state index contributed by atoms with van der Waals surface area (Å²) in [5, 5.41) is 10.3. The molecule has 0 atom stereocenters. The van der Waals surface area contributed by atoms with Gasteiger partial charge in [-0.25, -0.2) is 0 Å². The van der Waals surface area contributed by atoms with E-state index in [2.05, 4.69) is 12.6 Å². The molecule has 0 bridgehead atoms. The highest BCUT2D eigenvalue weighted by Crippen LogP contribution is 2.35. The molecule has 0 amide bonds. The zero-order chi connectivity index (χ0) is 9.42. The van der Waals surface area contributed by atoms with Gasteiger partial charge in [-0.1, -0.05) is 0 Å². The maximum Gasteiger partial charge on any atom is 0.160 e. The first kappa shape index (κ1) is 8.59. The van der Waals surface area contributed by atoms with E-state index in [0.29, 0.717) is 15.2 Å². The minimum Gasteiger partial charge on any atom is -0.506 e. The van der Waals surface area contributed by atoms with Gasteiger partial charge >= 0.3 is 0 Å². The Labute approximate surface area is 84.2 Å². The molecule has 13 heavy (non-hydrogen) atoms.